The third kappa shape index (κ3) is 3.40. The number of nitrogens with zero attached hydrogens (tertiary/aromatic N) is 4. The van der Waals surface area contributed by atoms with E-state index in [9.17, 15) is 4.91 Å². The van der Waals surface area contributed by atoms with Crippen molar-refractivity contribution in [3.05, 3.63) is 69.2 Å². The van der Waals surface area contributed by atoms with E-state index in [2.05, 4.69) is 21.1 Å². The zero-order valence-corrected chi connectivity index (χ0v) is 13.1. The van der Waals surface area contributed by atoms with Gasteiger partial charge in [0.2, 0.25) is 0 Å². The summed E-state index contributed by atoms with van der Waals surface area (Å²) in [4.78, 5) is 14.3. The fraction of sp³-hybridized carbons (Fsp3) is 0.294. The molecule has 0 amide bonds. The first-order valence-electron chi connectivity index (χ1n) is 7.19. The molecular weight excluding hydrogens is 308 g/mol. The Morgan fingerprint density at radius 2 is 2.21 bits per heavy atom. The van der Waals surface area contributed by atoms with Gasteiger partial charge in [-0.1, -0.05) is 29.2 Å². The molecule has 0 saturated heterocycles. The Morgan fingerprint density at radius 1 is 1.46 bits per heavy atom. The van der Waals surface area contributed by atoms with Crippen LogP contribution in [0, 0.1) is 23.2 Å². The Bertz CT molecular complexity index is 742. The molecule has 24 heavy (non-hydrogen) atoms. The smallest absolute Gasteiger partial charge is 0.193 e. The zero-order chi connectivity index (χ0) is 17.4. The topological polar surface area (TPSA) is 96.6 Å². The lowest BCUT2D eigenvalue weighted by Gasteiger charge is -2.29. The molecule has 1 aliphatic rings. The summed E-state index contributed by atoms with van der Waals surface area (Å²) in [6, 6.07) is 6.96. The molecule has 7 heteroatoms. The molecule has 1 aromatic carbocycles. The SMILES string of the molecule is C#CC(N=O)(c1ccc(OC)cc1)C1C=CC(OCN=[N+]=[N-])=CC1. The molecule has 0 aliphatic heterocycles. The first kappa shape index (κ1) is 17.1. The van der Waals surface area contributed by atoms with Crippen molar-refractivity contribution in [1.82, 2.24) is 0 Å². The average Bonchev–Trinajstić information content (AvgIpc) is 2.65. The number of azide groups is 1. The number of methoxy groups -OCH3 is 1. The molecule has 2 atom stereocenters. The van der Waals surface area contributed by atoms with Crippen LogP contribution in [0.1, 0.15) is 12.0 Å². The number of hydrogen-bond donors (Lipinski definition) is 0. The van der Waals surface area contributed by atoms with Gasteiger partial charge in [0.05, 0.1) is 7.11 Å². The van der Waals surface area contributed by atoms with Crippen LogP contribution in [0.2, 0.25) is 0 Å². The standard InChI is InChI=1S/C17H16N4O3/c1-3-17(20-22,13-4-8-15(23-2)9-5-13)14-6-10-16(11-7-14)24-12-19-21-18/h1,4-6,8-11,14H,7,12H2,2H3. The monoisotopic (exact) mass is 324 g/mol. The van der Waals surface area contributed by atoms with Crippen molar-refractivity contribution in [1.29, 1.82) is 0 Å². The van der Waals surface area contributed by atoms with Gasteiger partial charge >= 0.3 is 0 Å². The first-order valence-corrected chi connectivity index (χ1v) is 7.19. The van der Waals surface area contributed by atoms with E-state index in [1.807, 2.05) is 0 Å². The van der Waals surface area contributed by atoms with Gasteiger partial charge < -0.3 is 9.47 Å². The predicted molar refractivity (Wildman–Crippen MR) is 89.7 cm³/mol. The van der Waals surface area contributed by atoms with Crippen molar-refractivity contribution in [2.75, 3.05) is 13.8 Å². The Hall–Kier alpha value is -3.23. The van der Waals surface area contributed by atoms with E-state index in [0.717, 1.165) is 0 Å². The van der Waals surface area contributed by atoms with Gasteiger partial charge in [-0.15, -0.1) is 11.3 Å². The van der Waals surface area contributed by atoms with Gasteiger partial charge in [0.1, 0.15) is 11.5 Å². The van der Waals surface area contributed by atoms with Crippen molar-refractivity contribution in [3.63, 3.8) is 0 Å². The fourth-order valence-corrected chi connectivity index (χ4v) is 2.54. The van der Waals surface area contributed by atoms with Crippen molar-refractivity contribution < 1.29 is 9.47 Å². The molecule has 0 aromatic heterocycles. The second kappa shape index (κ2) is 7.86. The highest BCUT2D eigenvalue weighted by atomic mass is 16.5. The van der Waals surface area contributed by atoms with Crippen LogP contribution >= 0.6 is 0 Å². The highest BCUT2D eigenvalue weighted by Gasteiger charge is 2.40. The molecular formula is C17H16N4O3. The molecule has 0 heterocycles. The van der Waals surface area contributed by atoms with Crippen LogP contribution in [-0.2, 0) is 10.3 Å². The van der Waals surface area contributed by atoms with Crippen LogP contribution in [0.25, 0.3) is 10.4 Å². The maximum Gasteiger partial charge on any atom is 0.193 e. The summed E-state index contributed by atoms with van der Waals surface area (Å²) in [7, 11) is 1.56. The van der Waals surface area contributed by atoms with Crippen LogP contribution in [0.5, 0.6) is 5.75 Å². The van der Waals surface area contributed by atoms with Gasteiger partial charge in [0.25, 0.3) is 0 Å². The lowest BCUT2D eigenvalue weighted by atomic mass is 9.76. The van der Waals surface area contributed by atoms with Crippen LogP contribution in [0.4, 0.5) is 0 Å². The maximum absolute atomic E-state index is 11.6. The number of terminal acetylenes is 1. The van der Waals surface area contributed by atoms with E-state index in [-0.39, 0.29) is 12.6 Å². The maximum atomic E-state index is 11.6. The van der Waals surface area contributed by atoms with E-state index in [4.69, 9.17) is 21.4 Å². The second-order valence-corrected chi connectivity index (χ2v) is 5.04. The van der Waals surface area contributed by atoms with Crippen LogP contribution < -0.4 is 4.74 Å². The Labute approximate surface area is 139 Å². The molecule has 0 radical (unpaired) electrons. The fourth-order valence-electron chi connectivity index (χ4n) is 2.54. The van der Waals surface area contributed by atoms with Crippen molar-refractivity contribution >= 4 is 0 Å². The number of nitroso groups, excluding NO2 is 1. The lowest BCUT2D eigenvalue weighted by Crippen LogP contribution is -2.31. The Kier molecular flexibility index (Phi) is 5.61. The number of rotatable bonds is 7. The number of ether oxygens (including phenoxy) is 2. The molecule has 1 aliphatic carbocycles. The molecule has 2 unspecified atom stereocenters. The summed E-state index contributed by atoms with van der Waals surface area (Å²) in [5, 5.41) is 6.57. The molecule has 0 spiro atoms. The largest absolute Gasteiger partial charge is 0.497 e. The molecule has 0 saturated carbocycles. The minimum atomic E-state index is -1.31. The third-order valence-corrected chi connectivity index (χ3v) is 3.85. The summed E-state index contributed by atoms with van der Waals surface area (Å²) in [6.45, 7) is -0.0952. The third-order valence-electron chi connectivity index (χ3n) is 3.85. The summed E-state index contributed by atoms with van der Waals surface area (Å²) >= 11 is 0. The van der Waals surface area contributed by atoms with Gasteiger partial charge in [-0.3, -0.25) is 0 Å². The van der Waals surface area contributed by atoms with Gasteiger partial charge in [-0.2, -0.15) is 0 Å². The molecule has 0 bridgehead atoms. The molecule has 0 N–H and O–H groups in total. The van der Waals surface area contributed by atoms with Crippen LogP contribution in [0.3, 0.4) is 0 Å². The molecule has 2 rings (SSSR count). The van der Waals surface area contributed by atoms with Gasteiger partial charge in [-0.25, -0.2) is 0 Å². The quantitative estimate of drug-likeness (QED) is 0.249. The Balaban J connectivity index is 2.22. The molecule has 7 nitrogen and oxygen atoms in total. The molecule has 122 valence electrons. The van der Waals surface area contributed by atoms with E-state index in [1.54, 1.807) is 49.6 Å². The first-order chi connectivity index (χ1) is 11.7. The number of benzene rings is 1. The number of hydrogen-bond acceptors (Lipinski definition) is 5. The number of allylic oxidation sites excluding steroid dienone is 2. The van der Waals surface area contributed by atoms with E-state index in [1.165, 1.54) is 0 Å². The van der Waals surface area contributed by atoms with Crippen molar-refractivity contribution in [2.45, 2.75) is 12.0 Å². The predicted octanol–water partition coefficient (Wildman–Crippen LogP) is 4.03. The van der Waals surface area contributed by atoms with E-state index < -0.39 is 5.54 Å². The van der Waals surface area contributed by atoms with Crippen molar-refractivity contribution in [3.8, 4) is 18.1 Å². The highest BCUT2D eigenvalue weighted by molar-refractivity contribution is 5.41. The molecule has 0 fully saturated rings. The Morgan fingerprint density at radius 3 is 2.71 bits per heavy atom. The normalized spacial score (nSPS) is 18.3. The summed E-state index contributed by atoms with van der Waals surface area (Å²) in [5.41, 5.74) is 7.55. The van der Waals surface area contributed by atoms with Crippen LogP contribution in [-0.4, -0.2) is 13.8 Å². The van der Waals surface area contributed by atoms with Gasteiger partial charge in [0.15, 0.2) is 12.3 Å². The molecule has 1 aromatic rings. The summed E-state index contributed by atoms with van der Waals surface area (Å²) < 4.78 is 10.4. The summed E-state index contributed by atoms with van der Waals surface area (Å²) in [5.74, 6) is 3.47. The van der Waals surface area contributed by atoms with E-state index in [0.29, 0.717) is 23.5 Å². The van der Waals surface area contributed by atoms with Crippen LogP contribution in [0.15, 0.2) is 58.5 Å². The van der Waals surface area contributed by atoms with Crippen molar-refractivity contribution in [2.24, 2.45) is 16.2 Å². The zero-order valence-electron chi connectivity index (χ0n) is 13.1. The minimum Gasteiger partial charge on any atom is -0.497 e. The summed E-state index contributed by atoms with van der Waals surface area (Å²) in [6.07, 6.45) is 11.4. The van der Waals surface area contributed by atoms with Gasteiger partial charge in [0, 0.05) is 10.8 Å². The second-order valence-electron chi connectivity index (χ2n) is 5.04. The van der Waals surface area contributed by atoms with Gasteiger partial charge in [-0.05, 0) is 47.0 Å². The highest BCUT2D eigenvalue weighted by Crippen LogP contribution is 2.39. The van der Waals surface area contributed by atoms with E-state index >= 15 is 0 Å². The lowest BCUT2D eigenvalue weighted by molar-refractivity contribution is 0.228. The average molecular weight is 324 g/mol. The minimum absolute atomic E-state index is 0.0952.